The number of para-hydroxylation sites is 2. The molecule has 0 saturated heterocycles. The van der Waals surface area contributed by atoms with Crippen molar-refractivity contribution in [3.05, 3.63) is 90.5 Å². The van der Waals surface area contributed by atoms with Crippen molar-refractivity contribution in [1.82, 2.24) is 4.98 Å². The third kappa shape index (κ3) is 2.88. The summed E-state index contributed by atoms with van der Waals surface area (Å²) < 4.78 is 0. The number of H-pyrrole nitrogens is 1. The van der Waals surface area contributed by atoms with Crippen molar-refractivity contribution >= 4 is 27.5 Å². The van der Waals surface area contributed by atoms with Crippen molar-refractivity contribution in [1.29, 1.82) is 0 Å². The van der Waals surface area contributed by atoms with Gasteiger partial charge in [-0.05, 0) is 40.3 Å². The Morgan fingerprint density at radius 2 is 1.37 bits per heavy atom. The molecule has 0 aliphatic rings. The number of rotatable bonds is 2. The molecule has 0 saturated carbocycles. The van der Waals surface area contributed by atoms with Gasteiger partial charge in [-0.25, -0.2) is 0 Å². The SMILES string of the molecule is CC(C)(C)c1cc2c([nH]c3ccccc32)c(-c2ccccc2N)c1-c1ccccc1. The molecule has 30 heavy (non-hydrogen) atoms. The van der Waals surface area contributed by atoms with E-state index in [1.807, 2.05) is 12.1 Å². The molecule has 0 atom stereocenters. The van der Waals surface area contributed by atoms with Gasteiger partial charge in [-0.3, -0.25) is 0 Å². The summed E-state index contributed by atoms with van der Waals surface area (Å²) in [6.07, 6.45) is 0. The predicted octanol–water partition coefficient (Wildman–Crippen LogP) is 7.53. The summed E-state index contributed by atoms with van der Waals surface area (Å²) in [5, 5.41) is 2.49. The van der Waals surface area contributed by atoms with Crippen LogP contribution in [-0.4, -0.2) is 4.98 Å². The zero-order valence-electron chi connectivity index (χ0n) is 17.7. The van der Waals surface area contributed by atoms with Crippen LogP contribution in [0.5, 0.6) is 0 Å². The van der Waals surface area contributed by atoms with Crippen LogP contribution in [0.2, 0.25) is 0 Å². The van der Waals surface area contributed by atoms with E-state index in [4.69, 9.17) is 5.73 Å². The molecule has 1 aromatic heterocycles. The largest absolute Gasteiger partial charge is 0.398 e. The van der Waals surface area contributed by atoms with Gasteiger partial charge in [-0.2, -0.15) is 0 Å². The van der Waals surface area contributed by atoms with Crippen LogP contribution >= 0.6 is 0 Å². The molecule has 0 amide bonds. The summed E-state index contributed by atoms with van der Waals surface area (Å²) in [5.41, 5.74) is 15.6. The number of fused-ring (bicyclic) bond motifs is 3. The van der Waals surface area contributed by atoms with Crippen LogP contribution in [0.3, 0.4) is 0 Å². The van der Waals surface area contributed by atoms with E-state index in [9.17, 15) is 0 Å². The molecule has 5 aromatic rings. The number of aromatic nitrogens is 1. The maximum atomic E-state index is 6.53. The van der Waals surface area contributed by atoms with Gasteiger partial charge in [0.25, 0.3) is 0 Å². The van der Waals surface area contributed by atoms with Crippen molar-refractivity contribution in [2.24, 2.45) is 0 Å². The van der Waals surface area contributed by atoms with Crippen molar-refractivity contribution < 1.29 is 0 Å². The smallest absolute Gasteiger partial charge is 0.0551 e. The number of aromatic amines is 1. The van der Waals surface area contributed by atoms with E-state index in [1.165, 1.54) is 33.0 Å². The lowest BCUT2D eigenvalue weighted by Gasteiger charge is -2.27. The first kappa shape index (κ1) is 18.5. The fourth-order valence-electron chi connectivity index (χ4n) is 4.48. The Bertz CT molecular complexity index is 1370. The van der Waals surface area contributed by atoms with Crippen LogP contribution in [0.15, 0.2) is 84.9 Å². The lowest BCUT2D eigenvalue weighted by Crippen LogP contribution is -2.14. The van der Waals surface area contributed by atoms with Gasteiger partial charge in [0.2, 0.25) is 0 Å². The second kappa shape index (κ2) is 6.77. The van der Waals surface area contributed by atoms with Crippen molar-refractivity contribution in [2.75, 3.05) is 5.73 Å². The summed E-state index contributed by atoms with van der Waals surface area (Å²) in [5.74, 6) is 0. The first-order chi connectivity index (χ1) is 14.4. The molecule has 4 aromatic carbocycles. The van der Waals surface area contributed by atoms with Gasteiger partial charge in [-0.15, -0.1) is 0 Å². The maximum absolute atomic E-state index is 6.53. The van der Waals surface area contributed by atoms with Crippen molar-refractivity contribution in [3.63, 3.8) is 0 Å². The Hall–Kier alpha value is -3.52. The van der Waals surface area contributed by atoms with Gasteiger partial charge < -0.3 is 10.7 Å². The molecule has 0 spiro atoms. The summed E-state index contributed by atoms with van der Waals surface area (Å²) in [4.78, 5) is 3.71. The van der Waals surface area contributed by atoms with Crippen LogP contribution < -0.4 is 5.73 Å². The molecule has 0 bridgehead atoms. The summed E-state index contributed by atoms with van der Waals surface area (Å²) in [6, 6.07) is 29.8. The Morgan fingerprint density at radius 3 is 2.10 bits per heavy atom. The highest BCUT2D eigenvalue weighted by Gasteiger charge is 2.26. The molecule has 2 heteroatoms. The molecular weight excluding hydrogens is 364 g/mol. The summed E-state index contributed by atoms with van der Waals surface area (Å²) >= 11 is 0. The van der Waals surface area contributed by atoms with Gasteiger partial charge in [-0.1, -0.05) is 87.5 Å². The Balaban J connectivity index is 2.05. The fraction of sp³-hybridized carbons (Fsp3) is 0.143. The molecule has 0 fully saturated rings. The molecule has 0 aliphatic heterocycles. The number of hydrogen-bond acceptors (Lipinski definition) is 1. The lowest BCUT2D eigenvalue weighted by molar-refractivity contribution is 0.593. The number of nitrogens with two attached hydrogens (primary N) is 1. The van der Waals surface area contributed by atoms with Crippen LogP contribution in [-0.2, 0) is 5.41 Å². The zero-order valence-corrected chi connectivity index (χ0v) is 17.7. The van der Waals surface area contributed by atoms with E-state index in [-0.39, 0.29) is 5.41 Å². The number of benzene rings is 4. The van der Waals surface area contributed by atoms with Crippen LogP contribution in [0.4, 0.5) is 5.69 Å². The van der Waals surface area contributed by atoms with Crippen molar-refractivity contribution in [3.8, 4) is 22.3 Å². The minimum absolute atomic E-state index is 0.0317. The molecule has 5 rings (SSSR count). The predicted molar refractivity (Wildman–Crippen MR) is 130 cm³/mol. The molecule has 3 N–H and O–H groups in total. The van der Waals surface area contributed by atoms with Gasteiger partial charge in [0.1, 0.15) is 0 Å². The number of nitrogen functional groups attached to an aromatic ring is 1. The quantitative estimate of drug-likeness (QED) is 0.300. The monoisotopic (exact) mass is 390 g/mol. The van der Waals surface area contributed by atoms with E-state index < -0.39 is 0 Å². The van der Waals surface area contributed by atoms with E-state index in [0.717, 1.165) is 22.3 Å². The van der Waals surface area contributed by atoms with Gasteiger partial charge in [0.05, 0.1) is 5.52 Å². The topological polar surface area (TPSA) is 41.8 Å². The highest BCUT2D eigenvalue weighted by Crippen LogP contribution is 2.47. The zero-order chi connectivity index (χ0) is 20.9. The number of nitrogens with one attached hydrogen (secondary N) is 1. The van der Waals surface area contributed by atoms with E-state index in [0.29, 0.717) is 0 Å². The third-order valence-corrected chi connectivity index (χ3v) is 5.90. The first-order valence-corrected chi connectivity index (χ1v) is 10.4. The normalized spacial score (nSPS) is 12.0. The molecule has 0 unspecified atom stereocenters. The second-order valence-electron chi connectivity index (χ2n) is 8.97. The minimum atomic E-state index is -0.0317. The van der Waals surface area contributed by atoms with Gasteiger partial charge in [0, 0.05) is 33.1 Å². The highest BCUT2D eigenvalue weighted by atomic mass is 14.7. The second-order valence-corrected chi connectivity index (χ2v) is 8.97. The lowest BCUT2D eigenvalue weighted by atomic mass is 9.77. The van der Waals surface area contributed by atoms with Gasteiger partial charge >= 0.3 is 0 Å². The van der Waals surface area contributed by atoms with E-state index in [2.05, 4.69) is 98.6 Å². The highest BCUT2D eigenvalue weighted by molar-refractivity contribution is 6.16. The molecule has 148 valence electrons. The Labute approximate surface area is 177 Å². The summed E-state index contributed by atoms with van der Waals surface area (Å²) in [6.45, 7) is 6.86. The number of hydrogen-bond donors (Lipinski definition) is 2. The minimum Gasteiger partial charge on any atom is -0.398 e. The van der Waals surface area contributed by atoms with Crippen LogP contribution in [0.25, 0.3) is 44.1 Å². The number of anilines is 1. The Morgan fingerprint density at radius 1 is 0.700 bits per heavy atom. The maximum Gasteiger partial charge on any atom is 0.0551 e. The average molecular weight is 391 g/mol. The van der Waals surface area contributed by atoms with E-state index >= 15 is 0 Å². The van der Waals surface area contributed by atoms with Crippen LogP contribution in [0, 0.1) is 0 Å². The van der Waals surface area contributed by atoms with Crippen LogP contribution in [0.1, 0.15) is 26.3 Å². The Kier molecular flexibility index (Phi) is 4.18. The molecule has 1 heterocycles. The molecule has 0 aliphatic carbocycles. The average Bonchev–Trinajstić information content (AvgIpc) is 3.11. The standard InChI is InChI=1S/C28H26N2/c1-28(2,3)22-17-21-19-13-8-10-16-24(19)30-27(21)26(20-14-7-9-15-23(20)29)25(22)18-11-5-4-6-12-18/h4-17,30H,29H2,1-3H3. The third-order valence-electron chi connectivity index (χ3n) is 5.90. The molecule has 2 nitrogen and oxygen atoms in total. The van der Waals surface area contributed by atoms with E-state index in [1.54, 1.807) is 0 Å². The first-order valence-electron chi connectivity index (χ1n) is 10.4. The van der Waals surface area contributed by atoms with Crippen molar-refractivity contribution in [2.45, 2.75) is 26.2 Å². The van der Waals surface area contributed by atoms with Gasteiger partial charge in [0.15, 0.2) is 0 Å². The molecule has 0 radical (unpaired) electrons. The fourth-order valence-corrected chi connectivity index (χ4v) is 4.48. The summed E-state index contributed by atoms with van der Waals surface area (Å²) in [7, 11) is 0. The molecular formula is C28H26N2.